The van der Waals surface area contributed by atoms with Gasteiger partial charge in [-0.25, -0.2) is 21.6 Å². The van der Waals surface area contributed by atoms with Crippen molar-refractivity contribution in [1.82, 2.24) is 4.72 Å². The maximum absolute atomic E-state index is 11.9. The minimum absolute atomic E-state index is 0.0385. The van der Waals surface area contributed by atoms with Crippen molar-refractivity contribution in [2.24, 2.45) is 0 Å². The molecule has 0 atom stereocenters. The van der Waals surface area contributed by atoms with Crippen LogP contribution in [-0.4, -0.2) is 27.5 Å². The highest BCUT2D eigenvalue weighted by Gasteiger charge is 2.27. The van der Waals surface area contributed by atoms with Crippen LogP contribution in [0.2, 0.25) is 0 Å². The summed E-state index contributed by atoms with van der Waals surface area (Å²) in [5, 5.41) is 0. The molecule has 0 aromatic heterocycles. The molecule has 1 saturated carbocycles. The zero-order chi connectivity index (χ0) is 14.1. The second-order valence-corrected chi connectivity index (χ2v) is 8.99. The van der Waals surface area contributed by atoms with Gasteiger partial charge in [0.25, 0.3) is 0 Å². The molecule has 106 valence electrons. The zero-order valence-corrected chi connectivity index (χ0v) is 13.1. The van der Waals surface area contributed by atoms with Crippen molar-refractivity contribution in [2.75, 3.05) is 9.38 Å². The fourth-order valence-corrected chi connectivity index (χ4v) is 3.60. The number of anilines is 1. The first-order chi connectivity index (χ1) is 8.82. The van der Waals surface area contributed by atoms with E-state index in [-0.39, 0.29) is 15.6 Å². The monoisotopic (exact) mass is 368 g/mol. The zero-order valence-electron chi connectivity index (χ0n) is 9.84. The van der Waals surface area contributed by atoms with Gasteiger partial charge in [0.15, 0.2) is 0 Å². The molecule has 2 rings (SSSR count). The normalized spacial score (nSPS) is 16.3. The Morgan fingerprint density at radius 3 is 2.16 bits per heavy atom. The van der Waals surface area contributed by atoms with E-state index in [4.69, 9.17) is 0 Å². The Labute approximate surface area is 120 Å². The molecule has 19 heavy (non-hydrogen) atoms. The van der Waals surface area contributed by atoms with Gasteiger partial charge in [-0.05, 0) is 37.1 Å². The van der Waals surface area contributed by atoms with Crippen molar-refractivity contribution in [2.45, 2.75) is 23.8 Å². The Bertz CT molecular complexity index is 651. The summed E-state index contributed by atoms with van der Waals surface area (Å²) in [4.78, 5) is 0.126. The van der Waals surface area contributed by atoms with E-state index in [9.17, 15) is 16.8 Å². The second-order valence-electron chi connectivity index (χ2n) is 4.25. The SMILES string of the molecule is O=S(=O)(CBr)Nc1ccc(S(=O)(=O)NC2CC2)cc1. The molecule has 1 aliphatic rings. The van der Waals surface area contributed by atoms with Gasteiger partial charge in [0.2, 0.25) is 20.0 Å². The highest BCUT2D eigenvalue weighted by atomic mass is 79.9. The van der Waals surface area contributed by atoms with E-state index in [1.807, 2.05) is 0 Å². The topological polar surface area (TPSA) is 92.3 Å². The molecule has 0 heterocycles. The summed E-state index contributed by atoms with van der Waals surface area (Å²) in [7, 11) is -6.93. The molecular weight excluding hydrogens is 356 g/mol. The Balaban J connectivity index is 2.14. The number of sulfonamides is 2. The maximum Gasteiger partial charge on any atom is 0.242 e. The fraction of sp³-hybridized carbons (Fsp3) is 0.400. The summed E-state index contributed by atoms with van der Waals surface area (Å²) in [6, 6.07) is 5.62. The number of rotatable bonds is 6. The number of hydrogen-bond acceptors (Lipinski definition) is 4. The van der Waals surface area contributed by atoms with Crippen molar-refractivity contribution in [3.63, 3.8) is 0 Å². The van der Waals surface area contributed by atoms with Gasteiger partial charge in [0, 0.05) is 11.7 Å². The minimum atomic E-state index is -3.50. The molecule has 1 aromatic rings. The Kier molecular flexibility index (Phi) is 4.19. The van der Waals surface area contributed by atoms with Gasteiger partial charge in [-0.15, -0.1) is 0 Å². The Morgan fingerprint density at radius 2 is 1.68 bits per heavy atom. The van der Waals surface area contributed by atoms with Gasteiger partial charge in [-0.2, -0.15) is 0 Å². The van der Waals surface area contributed by atoms with Crippen LogP contribution in [0.15, 0.2) is 29.2 Å². The van der Waals surface area contributed by atoms with Gasteiger partial charge in [-0.1, -0.05) is 15.9 Å². The van der Waals surface area contributed by atoms with Crippen molar-refractivity contribution < 1.29 is 16.8 Å². The predicted molar refractivity (Wildman–Crippen MR) is 76.1 cm³/mol. The van der Waals surface area contributed by atoms with E-state index in [0.29, 0.717) is 5.69 Å². The molecule has 0 unspecified atom stereocenters. The first kappa shape index (κ1) is 14.8. The van der Waals surface area contributed by atoms with Crippen LogP contribution in [-0.2, 0) is 20.0 Å². The summed E-state index contributed by atoms with van der Waals surface area (Å²) >= 11 is 2.85. The summed E-state index contributed by atoms with van der Waals surface area (Å²) < 4.78 is 51.0. The molecule has 1 fully saturated rings. The lowest BCUT2D eigenvalue weighted by Gasteiger charge is -2.08. The third-order valence-electron chi connectivity index (χ3n) is 2.48. The highest BCUT2D eigenvalue weighted by Crippen LogP contribution is 2.23. The highest BCUT2D eigenvalue weighted by molar-refractivity contribution is 9.10. The van der Waals surface area contributed by atoms with E-state index in [1.165, 1.54) is 24.3 Å². The van der Waals surface area contributed by atoms with E-state index in [0.717, 1.165) is 12.8 Å². The van der Waals surface area contributed by atoms with Crippen LogP contribution in [0.4, 0.5) is 5.69 Å². The summed E-state index contributed by atoms with van der Waals surface area (Å²) in [5.41, 5.74) is 0.324. The van der Waals surface area contributed by atoms with Crippen LogP contribution in [0, 0.1) is 0 Å². The van der Waals surface area contributed by atoms with E-state index >= 15 is 0 Å². The average Bonchev–Trinajstić information content (AvgIpc) is 3.12. The molecule has 2 N–H and O–H groups in total. The lowest BCUT2D eigenvalue weighted by molar-refractivity contribution is 0.581. The van der Waals surface area contributed by atoms with Gasteiger partial charge in [0.1, 0.15) is 4.66 Å². The lowest BCUT2D eigenvalue weighted by atomic mass is 10.3. The third-order valence-corrected chi connectivity index (χ3v) is 6.66. The molecule has 6 nitrogen and oxygen atoms in total. The van der Waals surface area contributed by atoms with Gasteiger partial charge < -0.3 is 0 Å². The molecule has 0 amide bonds. The summed E-state index contributed by atoms with van der Waals surface area (Å²) in [5.74, 6) is 0. The molecule has 1 aliphatic carbocycles. The van der Waals surface area contributed by atoms with Crippen LogP contribution in [0.25, 0.3) is 0 Å². The van der Waals surface area contributed by atoms with E-state index in [1.54, 1.807) is 0 Å². The standard InChI is InChI=1S/C10H13BrN2O4S2/c11-7-18(14,15)12-8-3-5-10(6-4-8)19(16,17)13-9-1-2-9/h3-6,9,12-13H,1-2,7H2. The number of benzene rings is 1. The molecular formula is C10H13BrN2O4S2. The molecule has 0 aliphatic heterocycles. The first-order valence-electron chi connectivity index (χ1n) is 5.51. The van der Waals surface area contributed by atoms with E-state index in [2.05, 4.69) is 25.4 Å². The molecule has 0 saturated heterocycles. The third kappa shape index (κ3) is 4.16. The largest absolute Gasteiger partial charge is 0.283 e. The van der Waals surface area contributed by atoms with Crippen LogP contribution >= 0.6 is 15.9 Å². The number of halogens is 1. The Morgan fingerprint density at radius 1 is 1.11 bits per heavy atom. The first-order valence-corrected chi connectivity index (χ1v) is 9.77. The van der Waals surface area contributed by atoms with Crippen molar-refractivity contribution in [1.29, 1.82) is 0 Å². The molecule has 1 aromatic carbocycles. The lowest BCUT2D eigenvalue weighted by Crippen LogP contribution is -2.25. The predicted octanol–water partition coefficient (Wildman–Crippen LogP) is 1.22. The summed E-state index contributed by atoms with van der Waals surface area (Å²) in [6.07, 6.45) is 1.73. The quantitative estimate of drug-likeness (QED) is 0.738. The summed E-state index contributed by atoms with van der Waals surface area (Å²) in [6.45, 7) is 0. The number of alkyl halides is 1. The average molecular weight is 369 g/mol. The van der Waals surface area contributed by atoms with Crippen molar-refractivity contribution in [3.05, 3.63) is 24.3 Å². The van der Waals surface area contributed by atoms with E-state index < -0.39 is 20.0 Å². The van der Waals surface area contributed by atoms with Gasteiger partial charge in [0.05, 0.1) is 4.90 Å². The maximum atomic E-state index is 11.9. The van der Waals surface area contributed by atoms with Gasteiger partial charge >= 0.3 is 0 Å². The Hall–Kier alpha value is -0.640. The van der Waals surface area contributed by atoms with Crippen LogP contribution < -0.4 is 9.44 Å². The fourth-order valence-electron chi connectivity index (χ4n) is 1.40. The number of nitrogens with one attached hydrogen (secondary N) is 2. The molecule has 0 spiro atoms. The van der Waals surface area contributed by atoms with Gasteiger partial charge in [-0.3, -0.25) is 4.72 Å². The minimum Gasteiger partial charge on any atom is -0.283 e. The van der Waals surface area contributed by atoms with Crippen molar-refractivity contribution >= 4 is 41.7 Å². The molecule has 9 heteroatoms. The van der Waals surface area contributed by atoms with Crippen LogP contribution in [0.5, 0.6) is 0 Å². The van der Waals surface area contributed by atoms with Crippen LogP contribution in [0.1, 0.15) is 12.8 Å². The second kappa shape index (κ2) is 5.39. The van der Waals surface area contributed by atoms with Crippen molar-refractivity contribution in [3.8, 4) is 0 Å². The van der Waals surface area contributed by atoms with Crippen LogP contribution in [0.3, 0.4) is 0 Å². The smallest absolute Gasteiger partial charge is 0.242 e. The molecule has 0 radical (unpaired) electrons. The molecule has 0 bridgehead atoms. The number of hydrogen-bond donors (Lipinski definition) is 2.